The highest BCUT2D eigenvalue weighted by molar-refractivity contribution is 4.89. The van der Waals surface area contributed by atoms with Crippen LogP contribution in [0.2, 0.25) is 0 Å². The largest absolute Gasteiger partial charge is 0.264 e. The van der Waals surface area contributed by atoms with Crippen LogP contribution in [-0.2, 0) is 0 Å². The Kier molecular flexibility index (Phi) is 2.64. The molecule has 1 saturated carbocycles. The molecule has 3 heteroatoms. The molecule has 1 aliphatic rings. The van der Waals surface area contributed by atoms with Crippen molar-refractivity contribution in [3.8, 4) is 0 Å². The fraction of sp³-hybridized carbons (Fsp3) is 1.00. The molecule has 0 radical (unpaired) electrons. The summed E-state index contributed by atoms with van der Waals surface area (Å²) in [6.45, 7) is 7.84. The second-order valence-corrected chi connectivity index (χ2v) is 5.07. The van der Waals surface area contributed by atoms with Crippen LogP contribution in [0, 0.1) is 27.9 Å². The third-order valence-corrected chi connectivity index (χ3v) is 3.50. The van der Waals surface area contributed by atoms with Crippen LogP contribution in [0.4, 0.5) is 0 Å². The lowest BCUT2D eigenvalue weighted by Gasteiger charge is -2.26. The van der Waals surface area contributed by atoms with Crippen molar-refractivity contribution in [1.82, 2.24) is 0 Å². The summed E-state index contributed by atoms with van der Waals surface area (Å²) in [5, 5.41) is 10.9. The molecular weight excluding hydrogens is 166 g/mol. The molecule has 0 spiro atoms. The Morgan fingerprint density at radius 3 is 2.15 bits per heavy atom. The Morgan fingerprint density at radius 1 is 1.31 bits per heavy atom. The molecule has 0 aromatic carbocycles. The molecule has 1 rings (SSSR count). The predicted octanol–water partition coefficient (Wildman–Crippen LogP) is 2.72. The lowest BCUT2D eigenvalue weighted by molar-refractivity contribution is -0.572. The number of hydrogen-bond acceptors (Lipinski definition) is 2. The first-order valence-corrected chi connectivity index (χ1v) is 5.00. The molecule has 0 bridgehead atoms. The van der Waals surface area contributed by atoms with Gasteiger partial charge in [0.25, 0.3) is 0 Å². The third kappa shape index (κ3) is 1.84. The zero-order chi connectivity index (χ0) is 10.2. The molecular formula is C10H19NO2. The van der Waals surface area contributed by atoms with Gasteiger partial charge in [-0.3, -0.25) is 10.1 Å². The molecule has 1 fully saturated rings. The van der Waals surface area contributed by atoms with Gasteiger partial charge in [-0.05, 0) is 24.7 Å². The van der Waals surface area contributed by atoms with Crippen molar-refractivity contribution < 1.29 is 4.92 Å². The number of hydrogen-bond donors (Lipinski definition) is 0. The van der Waals surface area contributed by atoms with Gasteiger partial charge in [-0.25, -0.2) is 0 Å². The van der Waals surface area contributed by atoms with E-state index >= 15 is 0 Å². The number of nitro groups is 1. The summed E-state index contributed by atoms with van der Waals surface area (Å²) in [6, 6.07) is 0. The van der Waals surface area contributed by atoms with E-state index in [1.54, 1.807) is 13.8 Å². The Balaban J connectivity index is 2.77. The smallest absolute Gasteiger partial charge is 0.219 e. The minimum Gasteiger partial charge on any atom is -0.264 e. The fourth-order valence-electron chi connectivity index (χ4n) is 2.68. The van der Waals surface area contributed by atoms with Crippen LogP contribution in [-0.4, -0.2) is 10.5 Å². The highest BCUT2D eigenvalue weighted by atomic mass is 16.6. The topological polar surface area (TPSA) is 43.1 Å². The maximum atomic E-state index is 10.9. The van der Waals surface area contributed by atoms with Gasteiger partial charge in [-0.15, -0.1) is 0 Å². The second-order valence-electron chi connectivity index (χ2n) is 5.07. The second kappa shape index (κ2) is 3.28. The van der Waals surface area contributed by atoms with Crippen molar-refractivity contribution in [2.45, 2.75) is 46.1 Å². The normalized spacial score (nSPS) is 34.9. The van der Waals surface area contributed by atoms with Gasteiger partial charge in [0.05, 0.1) is 0 Å². The SMILES string of the molecule is CC1CC(C)C(C(C)(C)[N+](=O)[O-])C1. The van der Waals surface area contributed by atoms with Crippen LogP contribution in [0.25, 0.3) is 0 Å². The minimum atomic E-state index is -0.746. The predicted molar refractivity (Wildman–Crippen MR) is 52.1 cm³/mol. The molecule has 0 heterocycles. The van der Waals surface area contributed by atoms with Gasteiger partial charge in [-0.2, -0.15) is 0 Å². The van der Waals surface area contributed by atoms with Crippen molar-refractivity contribution in [3.05, 3.63) is 10.1 Å². The first-order valence-electron chi connectivity index (χ1n) is 5.00. The van der Waals surface area contributed by atoms with Crippen molar-refractivity contribution in [3.63, 3.8) is 0 Å². The molecule has 0 N–H and O–H groups in total. The van der Waals surface area contributed by atoms with E-state index in [1.807, 2.05) is 0 Å². The van der Waals surface area contributed by atoms with Crippen molar-refractivity contribution in [1.29, 1.82) is 0 Å². The van der Waals surface area contributed by atoms with Gasteiger partial charge < -0.3 is 0 Å². The summed E-state index contributed by atoms with van der Waals surface area (Å²) in [4.78, 5) is 10.7. The summed E-state index contributed by atoms with van der Waals surface area (Å²) in [5.41, 5.74) is -0.746. The highest BCUT2D eigenvalue weighted by Crippen LogP contribution is 2.42. The zero-order valence-electron chi connectivity index (χ0n) is 8.91. The molecule has 0 amide bonds. The summed E-state index contributed by atoms with van der Waals surface area (Å²) >= 11 is 0. The molecule has 0 aliphatic heterocycles. The molecule has 0 aromatic rings. The monoisotopic (exact) mass is 185 g/mol. The molecule has 3 nitrogen and oxygen atoms in total. The van der Waals surface area contributed by atoms with Crippen molar-refractivity contribution in [2.24, 2.45) is 17.8 Å². The Labute approximate surface area is 79.7 Å². The lowest BCUT2D eigenvalue weighted by Crippen LogP contribution is -2.40. The molecule has 76 valence electrons. The summed E-state index contributed by atoms with van der Waals surface area (Å²) < 4.78 is 0. The van der Waals surface area contributed by atoms with E-state index in [4.69, 9.17) is 0 Å². The summed E-state index contributed by atoms with van der Waals surface area (Å²) in [7, 11) is 0. The Bertz CT molecular complexity index is 213. The van der Waals surface area contributed by atoms with Crippen LogP contribution >= 0.6 is 0 Å². The Morgan fingerprint density at radius 2 is 1.85 bits per heavy atom. The Hall–Kier alpha value is -0.600. The van der Waals surface area contributed by atoms with Crippen LogP contribution < -0.4 is 0 Å². The number of rotatable bonds is 2. The van der Waals surface area contributed by atoms with Gasteiger partial charge in [0.15, 0.2) is 0 Å². The van der Waals surface area contributed by atoms with Gasteiger partial charge in [0.1, 0.15) is 0 Å². The van der Waals surface area contributed by atoms with E-state index in [0.717, 1.165) is 12.8 Å². The van der Waals surface area contributed by atoms with E-state index in [2.05, 4.69) is 13.8 Å². The van der Waals surface area contributed by atoms with Gasteiger partial charge >= 0.3 is 0 Å². The third-order valence-electron chi connectivity index (χ3n) is 3.50. The number of nitrogens with zero attached hydrogens (tertiary/aromatic N) is 1. The van der Waals surface area contributed by atoms with Crippen molar-refractivity contribution in [2.75, 3.05) is 0 Å². The molecule has 13 heavy (non-hydrogen) atoms. The molecule has 3 unspecified atom stereocenters. The maximum Gasteiger partial charge on any atom is 0.219 e. The summed E-state index contributed by atoms with van der Waals surface area (Å²) in [5.74, 6) is 1.40. The van der Waals surface area contributed by atoms with E-state index in [9.17, 15) is 10.1 Å². The van der Waals surface area contributed by atoms with Gasteiger partial charge in [-0.1, -0.05) is 13.8 Å². The molecule has 0 saturated heterocycles. The summed E-state index contributed by atoms with van der Waals surface area (Å²) in [6.07, 6.45) is 2.15. The zero-order valence-corrected chi connectivity index (χ0v) is 8.91. The fourth-order valence-corrected chi connectivity index (χ4v) is 2.68. The molecule has 3 atom stereocenters. The maximum absolute atomic E-state index is 10.9. The van der Waals surface area contributed by atoms with Crippen molar-refractivity contribution >= 4 is 0 Å². The van der Waals surface area contributed by atoms with E-state index < -0.39 is 5.54 Å². The van der Waals surface area contributed by atoms with Gasteiger partial charge in [0.2, 0.25) is 5.54 Å². The van der Waals surface area contributed by atoms with E-state index in [-0.39, 0.29) is 10.8 Å². The van der Waals surface area contributed by atoms with Crippen LogP contribution in [0.15, 0.2) is 0 Å². The van der Waals surface area contributed by atoms with Crippen LogP contribution in [0.3, 0.4) is 0 Å². The van der Waals surface area contributed by atoms with Gasteiger partial charge in [0, 0.05) is 24.7 Å². The first kappa shape index (κ1) is 10.5. The lowest BCUT2D eigenvalue weighted by atomic mass is 9.81. The first-order chi connectivity index (χ1) is 5.85. The highest BCUT2D eigenvalue weighted by Gasteiger charge is 2.47. The van der Waals surface area contributed by atoms with Crippen LogP contribution in [0.5, 0.6) is 0 Å². The van der Waals surface area contributed by atoms with Crippen LogP contribution in [0.1, 0.15) is 40.5 Å². The average molecular weight is 185 g/mol. The molecule has 1 aliphatic carbocycles. The standard InChI is InChI=1S/C10H19NO2/c1-7-5-8(2)9(6-7)10(3,4)11(12)13/h7-9H,5-6H2,1-4H3. The van der Waals surface area contributed by atoms with E-state index in [0.29, 0.717) is 11.8 Å². The average Bonchev–Trinajstić information content (AvgIpc) is 2.30. The van der Waals surface area contributed by atoms with E-state index in [1.165, 1.54) is 0 Å². The molecule has 0 aromatic heterocycles. The quantitative estimate of drug-likeness (QED) is 0.490. The minimum absolute atomic E-state index is 0.119.